The van der Waals surface area contributed by atoms with Crippen molar-refractivity contribution in [3.8, 4) is 0 Å². The Kier molecular flexibility index (Phi) is 5.30. The van der Waals surface area contributed by atoms with E-state index in [1.54, 1.807) is 6.07 Å². The molecule has 29 heavy (non-hydrogen) atoms. The van der Waals surface area contributed by atoms with Crippen molar-refractivity contribution in [1.29, 1.82) is 0 Å². The van der Waals surface area contributed by atoms with Crippen LogP contribution in [-0.2, 0) is 17.8 Å². The van der Waals surface area contributed by atoms with Crippen molar-refractivity contribution < 1.29 is 9.59 Å². The van der Waals surface area contributed by atoms with Crippen LogP contribution < -0.4 is 15.5 Å². The number of rotatable bonds is 5. The van der Waals surface area contributed by atoms with Crippen molar-refractivity contribution in [3.63, 3.8) is 0 Å². The lowest BCUT2D eigenvalue weighted by Crippen LogP contribution is -2.50. The lowest BCUT2D eigenvalue weighted by molar-refractivity contribution is -0.118. The molecule has 4 rings (SSSR count). The van der Waals surface area contributed by atoms with Crippen molar-refractivity contribution in [2.75, 3.05) is 23.3 Å². The quantitative estimate of drug-likeness (QED) is 0.816. The lowest BCUT2D eigenvalue weighted by Gasteiger charge is -2.41. The van der Waals surface area contributed by atoms with E-state index in [9.17, 15) is 9.59 Å². The maximum Gasteiger partial charge on any atom is 0.251 e. The Morgan fingerprint density at radius 2 is 2.14 bits per heavy atom. The van der Waals surface area contributed by atoms with Gasteiger partial charge in [-0.3, -0.25) is 14.3 Å². The number of piperidine rings is 1. The van der Waals surface area contributed by atoms with Crippen molar-refractivity contribution in [1.82, 2.24) is 15.1 Å². The predicted molar refractivity (Wildman–Crippen MR) is 113 cm³/mol. The van der Waals surface area contributed by atoms with Crippen LogP contribution in [-0.4, -0.2) is 40.7 Å². The van der Waals surface area contributed by atoms with Crippen LogP contribution in [0.1, 0.15) is 53.5 Å². The fourth-order valence-electron chi connectivity index (χ4n) is 4.54. The Morgan fingerprint density at radius 1 is 1.31 bits per heavy atom. The third kappa shape index (κ3) is 3.61. The minimum atomic E-state index is -0.124. The summed E-state index contributed by atoms with van der Waals surface area (Å²) in [5.74, 6) is -0.0883. The Hall–Kier alpha value is -2.83. The number of anilines is 2. The summed E-state index contributed by atoms with van der Waals surface area (Å²) in [7, 11) is 0. The van der Waals surface area contributed by atoms with Crippen LogP contribution in [0.5, 0.6) is 0 Å². The molecule has 0 spiro atoms. The molecule has 2 aromatic rings. The highest BCUT2D eigenvalue weighted by Gasteiger charge is 2.34. The van der Waals surface area contributed by atoms with Gasteiger partial charge in [0.05, 0.1) is 17.1 Å². The van der Waals surface area contributed by atoms with E-state index in [1.807, 2.05) is 23.7 Å². The molecule has 1 atom stereocenters. The first-order valence-electron chi connectivity index (χ1n) is 10.5. The molecule has 0 radical (unpaired) electrons. The molecule has 1 saturated heterocycles. The zero-order valence-electron chi connectivity index (χ0n) is 17.4. The standard InChI is InChI=1S/C22H29N5O2/c1-4-27-15(3)17(14(2)25-27)10-11-23-21(28)16-8-9-19-18(13-16)24-22(29)20-7-5-6-12-26(19)20/h8-9,13,20H,4-7,10-12H2,1-3H3,(H,23,28)(H,24,29). The maximum atomic E-state index is 12.7. The second-order valence-electron chi connectivity index (χ2n) is 7.90. The highest BCUT2D eigenvalue weighted by Crippen LogP contribution is 2.36. The highest BCUT2D eigenvalue weighted by molar-refractivity contribution is 6.05. The van der Waals surface area contributed by atoms with Gasteiger partial charge in [-0.05, 0) is 70.2 Å². The molecule has 2 aliphatic rings. The van der Waals surface area contributed by atoms with E-state index in [1.165, 1.54) is 5.56 Å². The van der Waals surface area contributed by atoms with Gasteiger partial charge >= 0.3 is 0 Å². The summed E-state index contributed by atoms with van der Waals surface area (Å²) >= 11 is 0. The fraction of sp³-hybridized carbons (Fsp3) is 0.500. The van der Waals surface area contributed by atoms with Gasteiger partial charge in [0.15, 0.2) is 0 Å². The van der Waals surface area contributed by atoms with Gasteiger partial charge in [0.1, 0.15) is 6.04 Å². The summed E-state index contributed by atoms with van der Waals surface area (Å²) in [6, 6.07) is 5.52. The van der Waals surface area contributed by atoms with Gasteiger partial charge in [-0.2, -0.15) is 5.10 Å². The van der Waals surface area contributed by atoms with Gasteiger partial charge in [-0.15, -0.1) is 0 Å². The van der Waals surface area contributed by atoms with Crippen molar-refractivity contribution in [2.24, 2.45) is 0 Å². The van der Waals surface area contributed by atoms with E-state index < -0.39 is 0 Å². The van der Waals surface area contributed by atoms with Crippen LogP contribution in [0.2, 0.25) is 0 Å². The minimum Gasteiger partial charge on any atom is -0.358 e. The first-order chi connectivity index (χ1) is 14.0. The molecule has 1 aromatic heterocycles. The van der Waals surface area contributed by atoms with Gasteiger partial charge < -0.3 is 15.5 Å². The molecule has 2 amide bonds. The molecule has 2 N–H and O–H groups in total. The molecular formula is C22H29N5O2. The summed E-state index contributed by atoms with van der Waals surface area (Å²) in [5.41, 5.74) is 5.69. The van der Waals surface area contributed by atoms with Crippen LogP contribution in [0.3, 0.4) is 0 Å². The molecule has 7 heteroatoms. The van der Waals surface area contributed by atoms with Crippen LogP contribution in [0.15, 0.2) is 18.2 Å². The number of hydrogen-bond donors (Lipinski definition) is 2. The number of carbonyl (C=O) groups is 2. The van der Waals surface area contributed by atoms with Crippen molar-refractivity contribution in [3.05, 3.63) is 40.7 Å². The maximum absolute atomic E-state index is 12.7. The summed E-state index contributed by atoms with van der Waals surface area (Å²) < 4.78 is 1.99. The largest absolute Gasteiger partial charge is 0.358 e. The van der Waals surface area contributed by atoms with Crippen molar-refractivity contribution in [2.45, 2.75) is 59.0 Å². The lowest BCUT2D eigenvalue weighted by atomic mass is 9.97. The average molecular weight is 396 g/mol. The van der Waals surface area contributed by atoms with E-state index in [4.69, 9.17) is 0 Å². The summed E-state index contributed by atoms with van der Waals surface area (Å²) in [6.07, 6.45) is 3.82. The smallest absolute Gasteiger partial charge is 0.251 e. The normalized spacial score (nSPS) is 18.1. The molecule has 7 nitrogen and oxygen atoms in total. The zero-order valence-corrected chi connectivity index (χ0v) is 17.4. The second kappa shape index (κ2) is 7.89. The molecule has 1 fully saturated rings. The zero-order chi connectivity index (χ0) is 20.5. The SMILES string of the molecule is CCn1nc(C)c(CCNC(=O)c2ccc3c(c2)NC(=O)C2CCCCN32)c1C. The van der Waals surface area contributed by atoms with Crippen LogP contribution in [0.4, 0.5) is 11.4 Å². The van der Waals surface area contributed by atoms with Gasteiger partial charge in [-0.1, -0.05) is 0 Å². The first-order valence-corrected chi connectivity index (χ1v) is 10.5. The Bertz CT molecular complexity index is 949. The van der Waals surface area contributed by atoms with Crippen LogP contribution in [0.25, 0.3) is 0 Å². The van der Waals surface area contributed by atoms with E-state index in [2.05, 4.69) is 34.5 Å². The summed E-state index contributed by atoms with van der Waals surface area (Å²) in [4.78, 5) is 27.3. The summed E-state index contributed by atoms with van der Waals surface area (Å²) in [6.45, 7) is 8.44. The molecule has 2 aliphatic heterocycles. The second-order valence-corrected chi connectivity index (χ2v) is 7.90. The molecular weight excluding hydrogens is 366 g/mol. The van der Waals surface area contributed by atoms with E-state index in [0.717, 1.165) is 61.5 Å². The van der Waals surface area contributed by atoms with Gasteiger partial charge in [0.25, 0.3) is 5.91 Å². The third-order valence-electron chi connectivity index (χ3n) is 6.12. The Balaban J connectivity index is 1.43. The Labute approximate surface area is 171 Å². The fourth-order valence-corrected chi connectivity index (χ4v) is 4.54. The number of hydrogen-bond acceptors (Lipinski definition) is 4. The average Bonchev–Trinajstić information content (AvgIpc) is 3.01. The Morgan fingerprint density at radius 3 is 2.90 bits per heavy atom. The molecule has 1 unspecified atom stereocenters. The van der Waals surface area contributed by atoms with E-state index in [-0.39, 0.29) is 17.9 Å². The number of nitrogens with one attached hydrogen (secondary N) is 2. The third-order valence-corrected chi connectivity index (χ3v) is 6.12. The number of aryl methyl sites for hydroxylation is 2. The number of benzene rings is 1. The first kappa shape index (κ1) is 19.5. The van der Waals surface area contributed by atoms with Crippen molar-refractivity contribution >= 4 is 23.2 Å². The highest BCUT2D eigenvalue weighted by atomic mass is 16.2. The number of nitrogens with zero attached hydrogens (tertiary/aromatic N) is 3. The monoisotopic (exact) mass is 395 g/mol. The van der Waals surface area contributed by atoms with Gasteiger partial charge in [0, 0.05) is 30.9 Å². The molecule has 0 saturated carbocycles. The van der Waals surface area contributed by atoms with Gasteiger partial charge in [-0.25, -0.2) is 0 Å². The molecule has 0 aliphatic carbocycles. The van der Waals surface area contributed by atoms with Gasteiger partial charge in [0.2, 0.25) is 5.91 Å². The molecule has 3 heterocycles. The topological polar surface area (TPSA) is 79.3 Å². The predicted octanol–water partition coefficient (Wildman–Crippen LogP) is 2.80. The number of fused-ring (bicyclic) bond motifs is 3. The molecule has 1 aromatic carbocycles. The van der Waals surface area contributed by atoms with Crippen LogP contribution in [0, 0.1) is 13.8 Å². The van der Waals surface area contributed by atoms with E-state index >= 15 is 0 Å². The van der Waals surface area contributed by atoms with Crippen LogP contribution >= 0.6 is 0 Å². The minimum absolute atomic E-state index is 0.0358. The molecule has 0 bridgehead atoms. The molecule has 154 valence electrons. The number of amides is 2. The number of aromatic nitrogens is 2. The number of carbonyl (C=O) groups excluding carboxylic acids is 2. The van der Waals surface area contributed by atoms with E-state index in [0.29, 0.717) is 12.1 Å². The summed E-state index contributed by atoms with van der Waals surface area (Å²) in [5, 5.41) is 10.5.